The molecule has 0 aliphatic rings. The van der Waals surface area contributed by atoms with Gasteiger partial charge in [-0.05, 0) is 18.9 Å². The second kappa shape index (κ2) is 7.32. The predicted molar refractivity (Wildman–Crippen MR) is 69.8 cm³/mol. The van der Waals surface area contributed by atoms with Crippen LogP contribution in [0.15, 0.2) is 24.3 Å². The van der Waals surface area contributed by atoms with Gasteiger partial charge in [-0.1, -0.05) is 29.8 Å². The molecule has 0 aliphatic carbocycles. The van der Waals surface area contributed by atoms with Crippen LogP contribution >= 0.6 is 0 Å². The van der Waals surface area contributed by atoms with Crippen molar-refractivity contribution in [2.75, 3.05) is 6.54 Å². The van der Waals surface area contributed by atoms with E-state index in [1.807, 2.05) is 31.2 Å². The third kappa shape index (κ3) is 5.89. The average molecular weight is 249 g/mol. The van der Waals surface area contributed by atoms with Gasteiger partial charge < -0.3 is 16.4 Å². The molecular formula is C13H19N3O2. The second-order valence-electron chi connectivity index (χ2n) is 4.16. The van der Waals surface area contributed by atoms with Gasteiger partial charge in [0.05, 0.1) is 0 Å². The summed E-state index contributed by atoms with van der Waals surface area (Å²) in [5.74, 6) is -0.0261. The number of amides is 3. The van der Waals surface area contributed by atoms with Gasteiger partial charge in [0.15, 0.2) is 0 Å². The third-order valence-corrected chi connectivity index (χ3v) is 2.49. The minimum Gasteiger partial charge on any atom is -0.352 e. The van der Waals surface area contributed by atoms with Crippen LogP contribution in [0.25, 0.3) is 0 Å². The zero-order valence-electron chi connectivity index (χ0n) is 10.5. The lowest BCUT2D eigenvalue weighted by Crippen LogP contribution is -2.31. The van der Waals surface area contributed by atoms with E-state index in [4.69, 9.17) is 5.73 Å². The molecule has 5 nitrogen and oxygen atoms in total. The van der Waals surface area contributed by atoms with E-state index in [1.54, 1.807) is 0 Å². The minimum atomic E-state index is -0.560. The van der Waals surface area contributed by atoms with E-state index < -0.39 is 6.03 Å². The Morgan fingerprint density at radius 3 is 2.44 bits per heavy atom. The molecule has 18 heavy (non-hydrogen) atoms. The van der Waals surface area contributed by atoms with Crippen LogP contribution in [0.1, 0.15) is 24.0 Å². The lowest BCUT2D eigenvalue weighted by atomic mass is 10.1. The van der Waals surface area contributed by atoms with Crippen molar-refractivity contribution in [2.45, 2.75) is 26.3 Å². The Morgan fingerprint density at radius 2 is 1.83 bits per heavy atom. The summed E-state index contributed by atoms with van der Waals surface area (Å²) in [5, 5.41) is 5.26. The van der Waals surface area contributed by atoms with Gasteiger partial charge in [0, 0.05) is 19.5 Å². The standard InChI is InChI=1S/C13H19N3O2/c1-10-4-6-11(7-5-10)9-16-12(17)3-2-8-15-13(14)18/h4-7H,2-3,8-9H2,1H3,(H,16,17)(H3,14,15,18). The largest absolute Gasteiger partial charge is 0.352 e. The van der Waals surface area contributed by atoms with Gasteiger partial charge in [-0.3, -0.25) is 4.79 Å². The lowest BCUT2D eigenvalue weighted by Gasteiger charge is -2.06. The number of primary amides is 1. The van der Waals surface area contributed by atoms with Gasteiger partial charge in [-0.2, -0.15) is 0 Å². The number of benzene rings is 1. The molecule has 0 radical (unpaired) electrons. The summed E-state index contributed by atoms with van der Waals surface area (Å²) in [6, 6.07) is 7.44. The van der Waals surface area contributed by atoms with Crippen LogP contribution in [0.5, 0.6) is 0 Å². The summed E-state index contributed by atoms with van der Waals surface area (Å²) in [4.78, 5) is 21.9. The fraction of sp³-hybridized carbons (Fsp3) is 0.385. The molecule has 0 heterocycles. The summed E-state index contributed by atoms with van der Waals surface area (Å²) < 4.78 is 0. The first-order valence-corrected chi connectivity index (χ1v) is 5.93. The smallest absolute Gasteiger partial charge is 0.312 e. The molecule has 0 saturated heterocycles. The van der Waals surface area contributed by atoms with E-state index >= 15 is 0 Å². The van der Waals surface area contributed by atoms with Crippen LogP contribution in [-0.2, 0) is 11.3 Å². The number of rotatable bonds is 6. The van der Waals surface area contributed by atoms with E-state index in [2.05, 4.69) is 10.6 Å². The van der Waals surface area contributed by atoms with E-state index in [9.17, 15) is 9.59 Å². The Morgan fingerprint density at radius 1 is 1.17 bits per heavy atom. The maximum atomic E-state index is 11.5. The molecule has 1 aromatic rings. The highest BCUT2D eigenvalue weighted by Crippen LogP contribution is 2.02. The number of hydrogen-bond acceptors (Lipinski definition) is 2. The van der Waals surface area contributed by atoms with Gasteiger partial charge >= 0.3 is 6.03 Å². The Balaban J connectivity index is 2.17. The van der Waals surface area contributed by atoms with Crippen LogP contribution in [0.4, 0.5) is 4.79 Å². The predicted octanol–water partition coefficient (Wildman–Crippen LogP) is 1.06. The summed E-state index contributed by atoms with van der Waals surface area (Å²) in [7, 11) is 0. The fourth-order valence-electron chi connectivity index (χ4n) is 1.46. The van der Waals surface area contributed by atoms with Crippen LogP contribution < -0.4 is 16.4 Å². The van der Waals surface area contributed by atoms with E-state index in [-0.39, 0.29) is 5.91 Å². The molecule has 0 unspecified atom stereocenters. The molecule has 4 N–H and O–H groups in total. The van der Waals surface area contributed by atoms with Crippen molar-refractivity contribution in [3.05, 3.63) is 35.4 Å². The zero-order chi connectivity index (χ0) is 13.4. The average Bonchev–Trinajstić information content (AvgIpc) is 2.34. The highest BCUT2D eigenvalue weighted by molar-refractivity contribution is 5.76. The topological polar surface area (TPSA) is 84.2 Å². The molecule has 0 bridgehead atoms. The van der Waals surface area contributed by atoms with Crippen molar-refractivity contribution in [1.29, 1.82) is 0 Å². The first kappa shape index (κ1) is 14.0. The molecule has 0 fully saturated rings. The Bertz CT molecular complexity index is 401. The minimum absolute atomic E-state index is 0.0261. The lowest BCUT2D eigenvalue weighted by molar-refractivity contribution is -0.121. The first-order valence-electron chi connectivity index (χ1n) is 5.93. The monoisotopic (exact) mass is 249 g/mol. The summed E-state index contributed by atoms with van der Waals surface area (Å²) in [6.45, 7) is 2.98. The van der Waals surface area contributed by atoms with Gasteiger partial charge in [-0.25, -0.2) is 4.79 Å². The quantitative estimate of drug-likeness (QED) is 0.659. The number of carbonyl (C=O) groups excluding carboxylic acids is 2. The van der Waals surface area contributed by atoms with Crippen LogP contribution in [-0.4, -0.2) is 18.5 Å². The highest BCUT2D eigenvalue weighted by atomic mass is 16.2. The second-order valence-corrected chi connectivity index (χ2v) is 4.16. The number of nitrogens with one attached hydrogen (secondary N) is 2. The number of nitrogens with two attached hydrogens (primary N) is 1. The summed E-state index contributed by atoms with van der Waals surface area (Å²) in [6.07, 6.45) is 0.967. The van der Waals surface area contributed by atoms with E-state index in [0.29, 0.717) is 25.9 Å². The van der Waals surface area contributed by atoms with Crippen LogP contribution in [0.2, 0.25) is 0 Å². The maximum absolute atomic E-state index is 11.5. The van der Waals surface area contributed by atoms with Crippen LogP contribution in [0, 0.1) is 6.92 Å². The molecule has 0 aliphatic heterocycles. The van der Waals surface area contributed by atoms with Crippen molar-refractivity contribution in [1.82, 2.24) is 10.6 Å². The molecule has 0 atom stereocenters. The highest BCUT2D eigenvalue weighted by Gasteiger charge is 2.01. The van der Waals surface area contributed by atoms with Gasteiger partial charge in [0.25, 0.3) is 0 Å². The van der Waals surface area contributed by atoms with E-state index in [1.165, 1.54) is 5.56 Å². The van der Waals surface area contributed by atoms with Crippen molar-refractivity contribution >= 4 is 11.9 Å². The maximum Gasteiger partial charge on any atom is 0.312 e. The SMILES string of the molecule is Cc1ccc(CNC(=O)CCCNC(N)=O)cc1. The molecule has 0 saturated carbocycles. The fourth-order valence-corrected chi connectivity index (χ4v) is 1.46. The number of urea groups is 1. The van der Waals surface area contributed by atoms with Crippen molar-refractivity contribution < 1.29 is 9.59 Å². The molecule has 3 amide bonds. The number of carbonyl (C=O) groups is 2. The molecule has 1 rings (SSSR count). The summed E-state index contributed by atoms with van der Waals surface area (Å²) in [5.41, 5.74) is 7.18. The Kier molecular flexibility index (Phi) is 5.70. The number of hydrogen-bond donors (Lipinski definition) is 3. The molecule has 0 aromatic heterocycles. The van der Waals surface area contributed by atoms with E-state index in [0.717, 1.165) is 5.56 Å². The first-order chi connectivity index (χ1) is 8.58. The molecule has 0 spiro atoms. The Labute approximate surface area is 107 Å². The third-order valence-electron chi connectivity index (χ3n) is 2.49. The van der Waals surface area contributed by atoms with Gasteiger partial charge in [-0.15, -0.1) is 0 Å². The van der Waals surface area contributed by atoms with Gasteiger partial charge in [0.2, 0.25) is 5.91 Å². The Hall–Kier alpha value is -2.04. The van der Waals surface area contributed by atoms with Gasteiger partial charge in [0.1, 0.15) is 0 Å². The van der Waals surface area contributed by atoms with Crippen molar-refractivity contribution in [2.24, 2.45) is 5.73 Å². The molecular weight excluding hydrogens is 230 g/mol. The molecule has 1 aromatic carbocycles. The normalized spacial score (nSPS) is 9.83. The van der Waals surface area contributed by atoms with Crippen LogP contribution in [0.3, 0.4) is 0 Å². The van der Waals surface area contributed by atoms with Crippen molar-refractivity contribution in [3.8, 4) is 0 Å². The van der Waals surface area contributed by atoms with Crippen molar-refractivity contribution in [3.63, 3.8) is 0 Å². The molecule has 5 heteroatoms. The summed E-state index contributed by atoms with van der Waals surface area (Å²) >= 11 is 0. The number of aryl methyl sites for hydroxylation is 1. The molecule has 98 valence electrons. The zero-order valence-corrected chi connectivity index (χ0v) is 10.5.